The monoisotopic (exact) mass is 261 g/mol. The molecule has 1 aromatic rings. The predicted octanol–water partition coefficient (Wildman–Crippen LogP) is 2.63. The summed E-state index contributed by atoms with van der Waals surface area (Å²) < 4.78 is 0. The summed E-state index contributed by atoms with van der Waals surface area (Å²) in [6.45, 7) is 7.77. The Hall–Kier alpha value is -1.06. The van der Waals surface area contributed by atoms with Crippen molar-refractivity contribution in [1.82, 2.24) is 4.90 Å². The van der Waals surface area contributed by atoms with E-state index in [2.05, 4.69) is 55.0 Å². The van der Waals surface area contributed by atoms with Crippen LogP contribution in [0.4, 0.5) is 5.69 Å². The molecule has 0 spiro atoms. The number of nitrogens with zero attached hydrogens (tertiary/aromatic N) is 2. The molecule has 3 nitrogen and oxygen atoms in total. The summed E-state index contributed by atoms with van der Waals surface area (Å²) in [6.07, 6.45) is 2.19. The van der Waals surface area contributed by atoms with Gasteiger partial charge in [0.15, 0.2) is 0 Å². The first-order chi connectivity index (χ1) is 9.17. The number of piperazine rings is 1. The van der Waals surface area contributed by atoms with Gasteiger partial charge >= 0.3 is 0 Å². The lowest BCUT2D eigenvalue weighted by Crippen LogP contribution is -2.51. The van der Waals surface area contributed by atoms with E-state index in [4.69, 9.17) is 5.73 Å². The van der Waals surface area contributed by atoms with E-state index in [9.17, 15) is 0 Å². The van der Waals surface area contributed by atoms with Crippen LogP contribution in [0.3, 0.4) is 0 Å². The maximum absolute atomic E-state index is 6.26. The second-order valence-corrected chi connectivity index (χ2v) is 5.56. The molecule has 0 aliphatic carbocycles. The van der Waals surface area contributed by atoms with Crippen molar-refractivity contribution in [2.45, 2.75) is 38.8 Å². The molecule has 0 aromatic heterocycles. The predicted molar refractivity (Wildman–Crippen MR) is 82.6 cm³/mol. The molecule has 106 valence electrons. The molecular weight excluding hydrogens is 234 g/mol. The summed E-state index contributed by atoms with van der Waals surface area (Å²) in [5.74, 6) is 0. The third-order valence-electron chi connectivity index (χ3n) is 4.37. The minimum Gasteiger partial charge on any atom is -0.368 e. The number of nitrogens with two attached hydrogens (primary N) is 1. The van der Waals surface area contributed by atoms with Crippen LogP contribution in [-0.4, -0.2) is 37.6 Å². The quantitative estimate of drug-likeness (QED) is 0.904. The average molecular weight is 261 g/mol. The second-order valence-electron chi connectivity index (χ2n) is 5.56. The molecule has 0 radical (unpaired) electrons. The first kappa shape index (κ1) is 14.4. The number of para-hydroxylation sites is 1. The number of rotatable bonds is 4. The zero-order valence-corrected chi connectivity index (χ0v) is 12.5. The van der Waals surface area contributed by atoms with Gasteiger partial charge in [-0.1, -0.05) is 32.0 Å². The number of hydrogen-bond acceptors (Lipinski definition) is 3. The Bertz CT molecular complexity index is 405. The molecule has 1 aliphatic rings. The van der Waals surface area contributed by atoms with E-state index in [-0.39, 0.29) is 6.04 Å². The third-order valence-corrected chi connectivity index (χ3v) is 4.37. The van der Waals surface area contributed by atoms with Crippen molar-refractivity contribution in [3.63, 3.8) is 0 Å². The molecular formula is C16H27N3. The van der Waals surface area contributed by atoms with E-state index in [1.54, 1.807) is 0 Å². The highest BCUT2D eigenvalue weighted by Gasteiger charge is 2.24. The molecule has 1 unspecified atom stereocenters. The Balaban J connectivity index is 2.22. The van der Waals surface area contributed by atoms with Crippen LogP contribution in [0.15, 0.2) is 24.3 Å². The highest BCUT2D eigenvalue weighted by molar-refractivity contribution is 5.55. The minimum atomic E-state index is 0.149. The first-order valence-electron chi connectivity index (χ1n) is 7.47. The van der Waals surface area contributed by atoms with Crippen molar-refractivity contribution in [2.75, 3.05) is 31.6 Å². The van der Waals surface area contributed by atoms with E-state index in [0.717, 1.165) is 26.1 Å². The van der Waals surface area contributed by atoms with Gasteiger partial charge < -0.3 is 10.6 Å². The molecule has 1 saturated heterocycles. The molecule has 1 heterocycles. The van der Waals surface area contributed by atoms with Crippen molar-refractivity contribution < 1.29 is 0 Å². The van der Waals surface area contributed by atoms with Gasteiger partial charge in [0.1, 0.15) is 0 Å². The van der Waals surface area contributed by atoms with Crippen LogP contribution in [0.5, 0.6) is 0 Å². The summed E-state index contributed by atoms with van der Waals surface area (Å²) in [7, 11) is 2.23. The number of hydrogen-bond donors (Lipinski definition) is 1. The van der Waals surface area contributed by atoms with Crippen molar-refractivity contribution in [3.05, 3.63) is 29.8 Å². The first-order valence-corrected chi connectivity index (χ1v) is 7.47. The van der Waals surface area contributed by atoms with Gasteiger partial charge in [0.05, 0.1) is 0 Å². The summed E-state index contributed by atoms with van der Waals surface area (Å²) in [6, 6.07) is 9.43. The van der Waals surface area contributed by atoms with Crippen LogP contribution in [0, 0.1) is 0 Å². The Morgan fingerprint density at radius 2 is 2.00 bits per heavy atom. The normalized spacial score (nSPS) is 22.5. The average Bonchev–Trinajstić information content (AvgIpc) is 2.47. The molecule has 1 fully saturated rings. The van der Waals surface area contributed by atoms with Gasteiger partial charge in [0.25, 0.3) is 0 Å². The van der Waals surface area contributed by atoms with Gasteiger partial charge in [-0.2, -0.15) is 0 Å². The van der Waals surface area contributed by atoms with Gasteiger partial charge in [0.2, 0.25) is 0 Å². The van der Waals surface area contributed by atoms with Crippen LogP contribution >= 0.6 is 0 Å². The third kappa shape index (κ3) is 3.10. The van der Waals surface area contributed by atoms with E-state index in [1.165, 1.54) is 17.7 Å². The van der Waals surface area contributed by atoms with Crippen LogP contribution < -0.4 is 10.6 Å². The van der Waals surface area contributed by atoms with Crippen molar-refractivity contribution >= 4 is 5.69 Å². The summed E-state index contributed by atoms with van der Waals surface area (Å²) >= 11 is 0. The maximum Gasteiger partial charge on any atom is 0.0415 e. The molecule has 0 amide bonds. The van der Waals surface area contributed by atoms with Crippen molar-refractivity contribution in [3.8, 4) is 0 Å². The van der Waals surface area contributed by atoms with E-state index in [1.807, 2.05) is 0 Å². The molecule has 2 N–H and O–H groups in total. The van der Waals surface area contributed by atoms with Crippen LogP contribution in [-0.2, 0) is 0 Å². The fraction of sp³-hybridized carbons (Fsp3) is 0.625. The summed E-state index contributed by atoms with van der Waals surface area (Å²) in [5, 5.41) is 0. The molecule has 19 heavy (non-hydrogen) atoms. The lowest BCUT2D eigenvalue weighted by atomic mass is 10.0. The molecule has 0 saturated carbocycles. The van der Waals surface area contributed by atoms with Gasteiger partial charge in [-0.15, -0.1) is 0 Å². The Kier molecular flexibility index (Phi) is 4.83. The summed E-state index contributed by atoms with van der Waals surface area (Å²) in [5.41, 5.74) is 8.89. The largest absolute Gasteiger partial charge is 0.368 e. The number of likely N-dealkylation sites (N-methyl/N-ethyl adjacent to an activating group) is 1. The van der Waals surface area contributed by atoms with Gasteiger partial charge in [-0.05, 0) is 31.5 Å². The smallest absolute Gasteiger partial charge is 0.0415 e. The Morgan fingerprint density at radius 3 is 2.68 bits per heavy atom. The Morgan fingerprint density at radius 1 is 1.26 bits per heavy atom. The van der Waals surface area contributed by atoms with Crippen LogP contribution in [0.25, 0.3) is 0 Å². The SMILES string of the molecule is CCC1CN(c2ccccc2[C@@H](N)CC)CCN1C. The minimum absolute atomic E-state index is 0.149. The van der Waals surface area contributed by atoms with Gasteiger partial charge in [-0.3, -0.25) is 4.90 Å². The molecule has 2 atom stereocenters. The molecule has 1 aliphatic heterocycles. The van der Waals surface area contributed by atoms with Crippen LogP contribution in [0.1, 0.15) is 38.3 Å². The molecule has 3 heteroatoms. The molecule has 2 rings (SSSR count). The van der Waals surface area contributed by atoms with E-state index in [0.29, 0.717) is 6.04 Å². The molecule has 1 aromatic carbocycles. The number of benzene rings is 1. The highest BCUT2D eigenvalue weighted by atomic mass is 15.3. The summed E-state index contributed by atoms with van der Waals surface area (Å²) in [4.78, 5) is 4.98. The van der Waals surface area contributed by atoms with Gasteiger partial charge in [0, 0.05) is 37.4 Å². The fourth-order valence-corrected chi connectivity index (χ4v) is 2.91. The highest BCUT2D eigenvalue weighted by Crippen LogP contribution is 2.28. The van der Waals surface area contributed by atoms with Crippen LogP contribution in [0.2, 0.25) is 0 Å². The lowest BCUT2D eigenvalue weighted by molar-refractivity contribution is 0.213. The number of anilines is 1. The zero-order valence-electron chi connectivity index (χ0n) is 12.5. The standard InChI is InChI=1S/C16H27N3/c1-4-13-12-19(11-10-18(13)3)16-9-7-6-8-14(16)15(17)5-2/h6-9,13,15H,4-5,10-12,17H2,1-3H3/t13?,15-/m0/s1. The maximum atomic E-state index is 6.26. The second kappa shape index (κ2) is 6.40. The van der Waals surface area contributed by atoms with Crippen molar-refractivity contribution in [2.24, 2.45) is 5.73 Å². The van der Waals surface area contributed by atoms with Crippen molar-refractivity contribution in [1.29, 1.82) is 0 Å². The Labute approximate surface area is 117 Å². The fourth-order valence-electron chi connectivity index (χ4n) is 2.91. The van der Waals surface area contributed by atoms with E-state index >= 15 is 0 Å². The topological polar surface area (TPSA) is 32.5 Å². The van der Waals surface area contributed by atoms with Gasteiger partial charge in [-0.25, -0.2) is 0 Å². The zero-order chi connectivity index (χ0) is 13.8. The lowest BCUT2D eigenvalue weighted by Gasteiger charge is -2.41. The van der Waals surface area contributed by atoms with E-state index < -0.39 is 0 Å². The molecule has 0 bridgehead atoms.